The molecule has 144 valence electrons. The third-order valence-corrected chi connectivity index (χ3v) is 6.10. The summed E-state index contributed by atoms with van der Waals surface area (Å²) in [6, 6.07) is 10.1. The number of fused-ring (bicyclic) bond motifs is 1. The van der Waals surface area contributed by atoms with Crippen LogP contribution in [-0.4, -0.2) is 40.7 Å². The van der Waals surface area contributed by atoms with Crippen molar-refractivity contribution in [1.29, 1.82) is 0 Å². The number of hydrogen-bond donors (Lipinski definition) is 2. The summed E-state index contributed by atoms with van der Waals surface area (Å²) in [6.45, 7) is 5.42. The van der Waals surface area contributed by atoms with Crippen molar-refractivity contribution < 1.29 is 9.84 Å². The van der Waals surface area contributed by atoms with E-state index in [2.05, 4.69) is 22.0 Å². The molecule has 27 heavy (non-hydrogen) atoms. The number of nitrogens with zero attached hydrogens (tertiary/aromatic N) is 2. The predicted molar refractivity (Wildman–Crippen MR) is 105 cm³/mol. The van der Waals surface area contributed by atoms with Gasteiger partial charge in [-0.25, -0.2) is 0 Å². The first-order valence-corrected chi connectivity index (χ1v) is 9.95. The first-order chi connectivity index (χ1) is 13.2. The molecule has 0 radical (unpaired) electrons. The largest absolute Gasteiger partial charge is 0.507 e. The Morgan fingerprint density at radius 2 is 2.04 bits per heavy atom. The first kappa shape index (κ1) is 18.4. The van der Waals surface area contributed by atoms with E-state index in [1.54, 1.807) is 0 Å². The second-order valence-electron chi connectivity index (χ2n) is 7.84. The molecular formula is C22H29N3O2. The second-order valence-corrected chi connectivity index (χ2v) is 7.84. The molecule has 0 unspecified atom stereocenters. The van der Waals surface area contributed by atoms with E-state index in [4.69, 9.17) is 10.5 Å². The number of benzene rings is 1. The Morgan fingerprint density at radius 1 is 1.22 bits per heavy atom. The Morgan fingerprint density at radius 3 is 2.74 bits per heavy atom. The molecule has 2 aliphatic heterocycles. The summed E-state index contributed by atoms with van der Waals surface area (Å²) in [5.74, 6) is 0.930. The highest BCUT2D eigenvalue weighted by Crippen LogP contribution is 2.40. The van der Waals surface area contributed by atoms with Gasteiger partial charge in [0.05, 0.1) is 17.9 Å². The number of aromatic hydroxyl groups is 1. The smallest absolute Gasteiger partial charge is 0.122 e. The predicted octanol–water partition coefficient (Wildman–Crippen LogP) is 2.95. The van der Waals surface area contributed by atoms with E-state index in [-0.39, 0.29) is 12.2 Å². The number of phenols is 1. The Kier molecular flexibility index (Phi) is 5.43. The molecule has 1 aromatic carbocycles. The molecule has 5 nitrogen and oxygen atoms in total. The van der Waals surface area contributed by atoms with Crippen molar-refractivity contribution >= 4 is 0 Å². The highest BCUT2D eigenvalue weighted by molar-refractivity contribution is 5.47. The zero-order valence-corrected chi connectivity index (χ0v) is 16.0. The summed E-state index contributed by atoms with van der Waals surface area (Å²) in [5.41, 5.74) is 10.1. The highest BCUT2D eigenvalue weighted by Gasteiger charge is 2.35. The number of aromatic nitrogens is 1. The van der Waals surface area contributed by atoms with Crippen LogP contribution in [0, 0.1) is 12.8 Å². The summed E-state index contributed by atoms with van der Waals surface area (Å²) < 4.78 is 6.38. The van der Waals surface area contributed by atoms with Crippen molar-refractivity contribution in [3.8, 4) is 5.75 Å². The molecule has 2 aliphatic rings. The Bertz CT molecular complexity index is 773. The fourth-order valence-electron chi connectivity index (χ4n) is 4.48. The van der Waals surface area contributed by atoms with E-state index in [0.717, 1.165) is 61.3 Å². The summed E-state index contributed by atoms with van der Waals surface area (Å²) in [7, 11) is 0. The second kappa shape index (κ2) is 7.97. The lowest BCUT2D eigenvalue weighted by Gasteiger charge is -2.40. The van der Waals surface area contributed by atoms with Gasteiger partial charge in [0, 0.05) is 31.3 Å². The van der Waals surface area contributed by atoms with Gasteiger partial charge in [0.2, 0.25) is 0 Å². The Hall–Kier alpha value is -1.95. The van der Waals surface area contributed by atoms with Gasteiger partial charge in [-0.05, 0) is 62.0 Å². The normalized spacial score (nSPS) is 23.9. The maximum atomic E-state index is 10.6. The zero-order valence-electron chi connectivity index (χ0n) is 16.0. The minimum Gasteiger partial charge on any atom is -0.507 e. The molecule has 3 N–H and O–H groups in total. The average Bonchev–Trinajstić information content (AvgIpc) is 2.71. The number of piperidine rings is 1. The highest BCUT2D eigenvalue weighted by atomic mass is 16.5. The van der Waals surface area contributed by atoms with E-state index in [0.29, 0.717) is 18.2 Å². The molecule has 4 rings (SSSR count). The van der Waals surface area contributed by atoms with Gasteiger partial charge in [-0.2, -0.15) is 0 Å². The van der Waals surface area contributed by atoms with Crippen molar-refractivity contribution in [2.45, 2.75) is 44.9 Å². The number of nitrogens with two attached hydrogens (primary N) is 1. The topological polar surface area (TPSA) is 71.6 Å². The molecule has 2 atom stereocenters. The lowest BCUT2D eigenvalue weighted by atomic mass is 9.83. The SMILES string of the molecule is Cc1ccc2c(c1O)C[C@@H](C1CCN(Cc3ccccn3)CC1)O[C@H]2CN. The fraction of sp³-hybridized carbons (Fsp3) is 0.500. The number of aryl methyl sites for hydroxylation is 1. The number of rotatable bonds is 4. The molecule has 1 fully saturated rings. The van der Waals surface area contributed by atoms with E-state index < -0.39 is 0 Å². The van der Waals surface area contributed by atoms with E-state index in [1.807, 2.05) is 31.3 Å². The molecule has 0 saturated carbocycles. The minimum absolute atomic E-state index is 0.114. The molecule has 0 amide bonds. The summed E-state index contributed by atoms with van der Waals surface area (Å²) in [4.78, 5) is 6.91. The third kappa shape index (κ3) is 3.86. The van der Waals surface area contributed by atoms with Crippen LogP contribution in [0.3, 0.4) is 0 Å². The van der Waals surface area contributed by atoms with E-state index >= 15 is 0 Å². The molecule has 3 heterocycles. The summed E-state index contributed by atoms with van der Waals surface area (Å²) in [6.07, 6.45) is 4.88. The van der Waals surface area contributed by atoms with Gasteiger partial charge in [-0.15, -0.1) is 0 Å². The number of ether oxygens (including phenoxy) is 1. The molecular weight excluding hydrogens is 338 g/mol. The molecule has 0 aliphatic carbocycles. The Balaban J connectivity index is 1.42. The molecule has 0 spiro atoms. The summed E-state index contributed by atoms with van der Waals surface area (Å²) in [5, 5.41) is 10.6. The van der Waals surface area contributed by atoms with Crippen LogP contribution in [0.5, 0.6) is 5.75 Å². The van der Waals surface area contributed by atoms with Crippen LogP contribution >= 0.6 is 0 Å². The monoisotopic (exact) mass is 367 g/mol. The standard InChI is InChI=1S/C22H29N3O2/c1-15-5-6-18-19(22(15)26)12-20(27-21(18)13-23)16-7-10-25(11-8-16)14-17-4-2-3-9-24-17/h2-6,9,16,20-21,26H,7-8,10-14,23H2,1H3/t20-,21-/m0/s1. The number of pyridine rings is 1. The number of phenolic OH excluding ortho intramolecular Hbond substituents is 1. The fourth-order valence-corrected chi connectivity index (χ4v) is 4.48. The maximum Gasteiger partial charge on any atom is 0.122 e. The van der Waals surface area contributed by atoms with Gasteiger partial charge in [-0.3, -0.25) is 9.88 Å². The van der Waals surface area contributed by atoms with Gasteiger partial charge in [0.15, 0.2) is 0 Å². The lowest BCUT2D eigenvalue weighted by molar-refractivity contribution is -0.0651. The zero-order chi connectivity index (χ0) is 18.8. The minimum atomic E-state index is -0.114. The van der Waals surface area contributed by atoms with Crippen molar-refractivity contribution in [2.24, 2.45) is 11.7 Å². The van der Waals surface area contributed by atoms with Gasteiger partial charge in [0.1, 0.15) is 5.75 Å². The number of likely N-dealkylation sites (tertiary alicyclic amines) is 1. The molecule has 5 heteroatoms. The van der Waals surface area contributed by atoms with E-state index in [1.165, 1.54) is 0 Å². The van der Waals surface area contributed by atoms with Crippen molar-refractivity contribution in [2.75, 3.05) is 19.6 Å². The van der Waals surface area contributed by atoms with Crippen LogP contribution in [0.25, 0.3) is 0 Å². The molecule has 1 saturated heterocycles. The van der Waals surface area contributed by atoms with Gasteiger partial charge in [0.25, 0.3) is 0 Å². The van der Waals surface area contributed by atoms with E-state index in [9.17, 15) is 5.11 Å². The average molecular weight is 367 g/mol. The van der Waals surface area contributed by atoms with Crippen LogP contribution in [-0.2, 0) is 17.7 Å². The van der Waals surface area contributed by atoms with Gasteiger partial charge >= 0.3 is 0 Å². The molecule has 1 aromatic heterocycles. The van der Waals surface area contributed by atoms with Crippen molar-refractivity contribution in [3.63, 3.8) is 0 Å². The van der Waals surface area contributed by atoms with Crippen molar-refractivity contribution in [3.05, 3.63) is 58.9 Å². The number of hydrogen-bond acceptors (Lipinski definition) is 5. The summed E-state index contributed by atoms with van der Waals surface area (Å²) >= 11 is 0. The quantitative estimate of drug-likeness (QED) is 0.869. The maximum absolute atomic E-state index is 10.6. The van der Waals surface area contributed by atoms with Crippen LogP contribution in [0.1, 0.15) is 41.3 Å². The van der Waals surface area contributed by atoms with Crippen LogP contribution < -0.4 is 5.73 Å². The first-order valence-electron chi connectivity index (χ1n) is 9.95. The third-order valence-electron chi connectivity index (χ3n) is 6.10. The van der Waals surface area contributed by atoms with Crippen LogP contribution in [0.4, 0.5) is 0 Å². The lowest BCUT2D eigenvalue weighted by Crippen LogP contribution is -2.42. The van der Waals surface area contributed by atoms with Crippen LogP contribution in [0.2, 0.25) is 0 Å². The molecule has 2 aromatic rings. The van der Waals surface area contributed by atoms with Crippen molar-refractivity contribution in [1.82, 2.24) is 9.88 Å². The molecule has 0 bridgehead atoms. The van der Waals surface area contributed by atoms with Gasteiger partial charge < -0.3 is 15.6 Å². The van der Waals surface area contributed by atoms with Gasteiger partial charge in [-0.1, -0.05) is 18.2 Å². The van der Waals surface area contributed by atoms with Crippen LogP contribution in [0.15, 0.2) is 36.5 Å². The Labute approximate surface area is 161 Å².